The molecule has 0 bridgehead atoms. The molecule has 1 fully saturated rings. The van der Waals surface area contributed by atoms with E-state index in [-0.39, 0.29) is 5.91 Å². The Bertz CT molecular complexity index is 629. The summed E-state index contributed by atoms with van der Waals surface area (Å²) in [5.74, 6) is 1.67. The molecule has 0 unspecified atom stereocenters. The average molecular weight is 327 g/mol. The summed E-state index contributed by atoms with van der Waals surface area (Å²) in [7, 11) is 0. The molecule has 1 aliphatic rings. The van der Waals surface area contributed by atoms with E-state index in [0.717, 1.165) is 38.4 Å². The van der Waals surface area contributed by atoms with E-state index in [4.69, 9.17) is 0 Å². The molecule has 1 N–H and O–H groups in total. The molecule has 0 saturated carbocycles. The van der Waals surface area contributed by atoms with Crippen LogP contribution in [0.25, 0.3) is 0 Å². The number of hydrogen-bond donors (Lipinski definition) is 1. The minimum absolute atomic E-state index is 0.199. The van der Waals surface area contributed by atoms with Gasteiger partial charge in [0.15, 0.2) is 0 Å². The fourth-order valence-corrected chi connectivity index (χ4v) is 2.63. The van der Waals surface area contributed by atoms with E-state index in [1.807, 2.05) is 4.90 Å². The molecular weight excluding hydrogens is 306 g/mol. The monoisotopic (exact) mass is 327 g/mol. The molecule has 0 aliphatic carbocycles. The molecule has 0 aromatic carbocycles. The Balaban J connectivity index is 1.36. The van der Waals surface area contributed by atoms with E-state index in [1.165, 1.54) is 0 Å². The summed E-state index contributed by atoms with van der Waals surface area (Å²) in [6, 6.07) is 1.77. The fourth-order valence-electron chi connectivity index (χ4n) is 2.63. The lowest BCUT2D eigenvalue weighted by Gasteiger charge is -2.35. The van der Waals surface area contributed by atoms with Gasteiger partial charge < -0.3 is 15.1 Å². The molecule has 0 atom stereocenters. The van der Waals surface area contributed by atoms with Gasteiger partial charge in [0.2, 0.25) is 11.9 Å². The first-order chi connectivity index (χ1) is 11.8. The topological polar surface area (TPSA) is 87.1 Å². The largest absolute Gasteiger partial charge is 0.354 e. The van der Waals surface area contributed by atoms with Crippen LogP contribution in [-0.4, -0.2) is 63.5 Å². The second-order valence-corrected chi connectivity index (χ2v) is 5.53. The zero-order valence-corrected chi connectivity index (χ0v) is 13.5. The van der Waals surface area contributed by atoms with E-state index in [9.17, 15) is 4.79 Å². The Kier molecular flexibility index (Phi) is 5.49. The summed E-state index contributed by atoms with van der Waals surface area (Å²) < 4.78 is 0. The highest BCUT2D eigenvalue weighted by atomic mass is 16.2. The number of amides is 1. The zero-order chi connectivity index (χ0) is 16.6. The zero-order valence-electron chi connectivity index (χ0n) is 13.5. The standard InChI is InChI=1S/C16H21N7O/c24-15(3-1-4-19-16-20-5-2-6-21-16)23-11-9-22(10-12-23)14-13-17-7-8-18-14/h2,5-8,13H,1,3-4,9-12H2,(H,19,20,21). The van der Waals surface area contributed by atoms with Crippen LogP contribution < -0.4 is 10.2 Å². The molecular formula is C16H21N7O. The van der Waals surface area contributed by atoms with Crippen molar-refractivity contribution in [3.8, 4) is 0 Å². The van der Waals surface area contributed by atoms with Crippen LogP contribution in [0, 0.1) is 0 Å². The predicted molar refractivity (Wildman–Crippen MR) is 90.6 cm³/mol. The molecule has 0 radical (unpaired) electrons. The predicted octanol–water partition coefficient (Wildman–Crippen LogP) is 0.807. The fraction of sp³-hybridized carbons (Fsp3) is 0.438. The van der Waals surface area contributed by atoms with Gasteiger partial charge in [-0.25, -0.2) is 15.0 Å². The minimum atomic E-state index is 0.199. The van der Waals surface area contributed by atoms with Crippen LogP contribution >= 0.6 is 0 Å². The summed E-state index contributed by atoms with van der Waals surface area (Å²) in [5, 5.41) is 3.12. The van der Waals surface area contributed by atoms with Crippen molar-refractivity contribution < 1.29 is 4.79 Å². The molecule has 3 rings (SSSR count). The molecule has 8 heteroatoms. The van der Waals surface area contributed by atoms with Gasteiger partial charge in [0.1, 0.15) is 5.82 Å². The second-order valence-electron chi connectivity index (χ2n) is 5.53. The van der Waals surface area contributed by atoms with Crippen molar-refractivity contribution in [2.24, 2.45) is 0 Å². The lowest BCUT2D eigenvalue weighted by Crippen LogP contribution is -2.49. The quantitative estimate of drug-likeness (QED) is 0.786. The first kappa shape index (κ1) is 16.1. The third kappa shape index (κ3) is 4.37. The van der Waals surface area contributed by atoms with Crippen molar-refractivity contribution in [1.29, 1.82) is 0 Å². The number of rotatable bonds is 6. The van der Waals surface area contributed by atoms with Crippen LogP contribution in [-0.2, 0) is 4.79 Å². The maximum absolute atomic E-state index is 12.3. The van der Waals surface area contributed by atoms with Gasteiger partial charge in [0, 0.05) is 63.9 Å². The van der Waals surface area contributed by atoms with Crippen LogP contribution in [0.1, 0.15) is 12.8 Å². The van der Waals surface area contributed by atoms with Crippen molar-refractivity contribution in [2.75, 3.05) is 42.9 Å². The summed E-state index contributed by atoms with van der Waals surface area (Å²) in [6.45, 7) is 3.73. The van der Waals surface area contributed by atoms with E-state index >= 15 is 0 Å². The summed E-state index contributed by atoms with van der Waals surface area (Å²) in [5.41, 5.74) is 0. The van der Waals surface area contributed by atoms with Gasteiger partial charge in [-0.1, -0.05) is 0 Å². The van der Waals surface area contributed by atoms with Crippen molar-refractivity contribution in [3.63, 3.8) is 0 Å². The second kappa shape index (κ2) is 8.19. The first-order valence-electron chi connectivity index (χ1n) is 8.12. The Morgan fingerprint density at radius 1 is 1.04 bits per heavy atom. The van der Waals surface area contributed by atoms with Crippen LogP contribution in [0.4, 0.5) is 11.8 Å². The van der Waals surface area contributed by atoms with Crippen molar-refractivity contribution in [2.45, 2.75) is 12.8 Å². The van der Waals surface area contributed by atoms with E-state index in [2.05, 4.69) is 30.2 Å². The average Bonchev–Trinajstić information content (AvgIpc) is 2.67. The highest BCUT2D eigenvalue weighted by Crippen LogP contribution is 2.12. The Morgan fingerprint density at radius 3 is 2.54 bits per heavy atom. The van der Waals surface area contributed by atoms with Crippen molar-refractivity contribution in [1.82, 2.24) is 24.8 Å². The van der Waals surface area contributed by atoms with Gasteiger partial charge in [0.25, 0.3) is 0 Å². The van der Waals surface area contributed by atoms with Gasteiger partial charge in [-0.15, -0.1) is 0 Å². The molecule has 1 aliphatic heterocycles. The van der Waals surface area contributed by atoms with Crippen LogP contribution in [0.5, 0.6) is 0 Å². The Hall–Kier alpha value is -2.77. The lowest BCUT2D eigenvalue weighted by molar-refractivity contribution is -0.131. The van der Waals surface area contributed by atoms with E-state index in [1.54, 1.807) is 37.1 Å². The van der Waals surface area contributed by atoms with E-state index in [0.29, 0.717) is 18.9 Å². The highest BCUT2D eigenvalue weighted by Gasteiger charge is 2.21. The van der Waals surface area contributed by atoms with Gasteiger partial charge in [-0.2, -0.15) is 0 Å². The number of carbonyl (C=O) groups is 1. The maximum Gasteiger partial charge on any atom is 0.222 e. The summed E-state index contributed by atoms with van der Waals surface area (Å²) in [4.78, 5) is 32.9. The van der Waals surface area contributed by atoms with Gasteiger partial charge in [0.05, 0.1) is 6.20 Å². The van der Waals surface area contributed by atoms with E-state index < -0.39 is 0 Å². The number of hydrogen-bond acceptors (Lipinski definition) is 7. The van der Waals surface area contributed by atoms with Gasteiger partial charge in [-0.05, 0) is 12.5 Å². The van der Waals surface area contributed by atoms with Gasteiger partial charge in [-0.3, -0.25) is 9.78 Å². The normalized spacial score (nSPS) is 14.5. The Labute approximate surface area is 141 Å². The van der Waals surface area contributed by atoms with Crippen molar-refractivity contribution in [3.05, 3.63) is 37.1 Å². The number of anilines is 2. The molecule has 8 nitrogen and oxygen atoms in total. The maximum atomic E-state index is 12.3. The minimum Gasteiger partial charge on any atom is -0.354 e. The summed E-state index contributed by atoms with van der Waals surface area (Å²) in [6.07, 6.45) is 9.80. The number of piperazine rings is 1. The highest BCUT2D eigenvalue weighted by molar-refractivity contribution is 5.76. The van der Waals surface area contributed by atoms with Crippen LogP contribution in [0.2, 0.25) is 0 Å². The number of carbonyl (C=O) groups excluding carboxylic acids is 1. The molecule has 24 heavy (non-hydrogen) atoms. The van der Waals surface area contributed by atoms with Crippen LogP contribution in [0.3, 0.4) is 0 Å². The molecule has 0 spiro atoms. The van der Waals surface area contributed by atoms with Crippen LogP contribution in [0.15, 0.2) is 37.1 Å². The first-order valence-corrected chi connectivity index (χ1v) is 8.12. The third-order valence-electron chi connectivity index (χ3n) is 3.92. The number of nitrogens with zero attached hydrogens (tertiary/aromatic N) is 6. The third-order valence-corrected chi connectivity index (χ3v) is 3.92. The molecule has 3 heterocycles. The van der Waals surface area contributed by atoms with Crippen molar-refractivity contribution >= 4 is 17.7 Å². The molecule has 1 amide bonds. The SMILES string of the molecule is O=C(CCCNc1ncccn1)N1CCN(c2cnccn2)CC1. The Morgan fingerprint density at radius 2 is 1.83 bits per heavy atom. The molecule has 2 aromatic heterocycles. The lowest BCUT2D eigenvalue weighted by atomic mass is 10.2. The van der Waals surface area contributed by atoms with Gasteiger partial charge >= 0.3 is 0 Å². The number of nitrogens with one attached hydrogen (secondary N) is 1. The number of aromatic nitrogens is 4. The molecule has 126 valence electrons. The molecule has 1 saturated heterocycles. The molecule has 2 aromatic rings. The smallest absolute Gasteiger partial charge is 0.222 e. The summed E-state index contributed by atoms with van der Waals surface area (Å²) >= 11 is 0.